The summed E-state index contributed by atoms with van der Waals surface area (Å²) < 4.78 is 5.04. The molecule has 3 amide bonds. The van der Waals surface area contributed by atoms with E-state index >= 15 is 0 Å². The standard InChI is InChI=1S/C24H27ClN2O4/c1-31-15-5-14-27-22(29)17-24(23(27)30,19-6-3-2-4-7-19)16-21(28)26-13-12-18-8-10-20(25)11-9-18/h2-4,6-11H,5,12-17H2,1H3,(H,26,28). The van der Waals surface area contributed by atoms with Gasteiger partial charge in [0.15, 0.2) is 0 Å². The molecule has 1 saturated heterocycles. The van der Waals surface area contributed by atoms with Gasteiger partial charge in [-0.3, -0.25) is 19.3 Å². The lowest BCUT2D eigenvalue weighted by molar-refractivity contribution is -0.141. The highest BCUT2D eigenvalue weighted by Crippen LogP contribution is 2.39. The van der Waals surface area contributed by atoms with Crippen molar-refractivity contribution in [3.8, 4) is 0 Å². The second-order valence-corrected chi connectivity index (χ2v) is 8.16. The Kier molecular flexibility index (Phi) is 7.82. The van der Waals surface area contributed by atoms with Gasteiger partial charge in [-0.2, -0.15) is 0 Å². The molecule has 1 unspecified atom stereocenters. The lowest BCUT2D eigenvalue weighted by Crippen LogP contribution is -2.43. The largest absolute Gasteiger partial charge is 0.385 e. The van der Waals surface area contributed by atoms with Gasteiger partial charge in [0.25, 0.3) is 0 Å². The number of ether oxygens (including phenoxy) is 1. The SMILES string of the molecule is COCCCN1C(=O)CC(CC(=O)NCCc2ccc(Cl)cc2)(c2ccccc2)C1=O. The van der Waals surface area contributed by atoms with Crippen LogP contribution in [-0.2, 0) is 31.0 Å². The van der Waals surface area contributed by atoms with Crippen LogP contribution < -0.4 is 5.32 Å². The number of rotatable bonds is 10. The summed E-state index contributed by atoms with van der Waals surface area (Å²) in [7, 11) is 1.58. The average Bonchev–Trinajstić information content (AvgIpc) is 3.01. The van der Waals surface area contributed by atoms with Crippen molar-refractivity contribution in [2.45, 2.75) is 31.1 Å². The fourth-order valence-corrected chi connectivity index (χ4v) is 4.08. The molecule has 1 fully saturated rings. The molecule has 2 aromatic carbocycles. The van der Waals surface area contributed by atoms with Crippen molar-refractivity contribution in [1.82, 2.24) is 10.2 Å². The number of nitrogens with one attached hydrogen (secondary N) is 1. The van der Waals surface area contributed by atoms with Gasteiger partial charge in [0.05, 0.1) is 5.41 Å². The van der Waals surface area contributed by atoms with E-state index in [1.807, 2.05) is 54.6 Å². The Morgan fingerprint density at radius 1 is 1.13 bits per heavy atom. The summed E-state index contributed by atoms with van der Waals surface area (Å²) in [6, 6.07) is 16.6. The van der Waals surface area contributed by atoms with E-state index in [0.717, 1.165) is 5.56 Å². The summed E-state index contributed by atoms with van der Waals surface area (Å²) in [6.07, 6.45) is 1.14. The van der Waals surface area contributed by atoms with Gasteiger partial charge >= 0.3 is 0 Å². The number of hydrogen-bond acceptors (Lipinski definition) is 4. The normalized spacial score (nSPS) is 18.5. The van der Waals surface area contributed by atoms with E-state index in [0.29, 0.717) is 36.6 Å². The summed E-state index contributed by atoms with van der Waals surface area (Å²) in [5.41, 5.74) is 0.574. The minimum atomic E-state index is -1.17. The van der Waals surface area contributed by atoms with Gasteiger partial charge in [-0.25, -0.2) is 0 Å². The van der Waals surface area contributed by atoms with Crippen LogP contribution in [0.2, 0.25) is 5.02 Å². The van der Waals surface area contributed by atoms with Crippen LogP contribution >= 0.6 is 11.6 Å². The van der Waals surface area contributed by atoms with Gasteiger partial charge in [0, 0.05) is 44.7 Å². The Labute approximate surface area is 187 Å². The van der Waals surface area contributed by atoms with Crippen molar-refractivity contribution >= 4 is 29.3 Å². The van der Waals surface area contributed by atoms with Gasteiger partial charge in [-0.15, -0.1) is 0 Å². The monoisotopic (exact) mass is 442 g/mol. The first kappa shape index (κ1) is 23.0. The predicted octanol–water partition coefficient (Wildman–Crippen LogP) is 3.12. The number of halogens is 1. The number of hydrogen-bond donors (Lipinski definition) is 1. The number of methoxy groups -OCH3 is 1. The molecule has 2 aromatic rings. The first-order chi connectivity index (χ1) is 15.0. The third-order valence-electron chi connectivity index (χ3n) is 5.58. The van der Waals surface area contributed by atoms with Gasteiger partial charge in [-0.1, -0.05) is 54.1 Å². The molecule has 1 aliphatic heterocycles. The highest BCUT2D eigenvalue weighted by molar-refractivity contribution is 6.30. The van der Waals surface area contributed by atoms with E-state index in [9.17, 15) is 14.4 Å². The van der Waals surface area contributed by atoms with E-state index in [2.05, 4.69) is 5.32 Å². The molecule has 31 heavy (non-hydrogen) atoms. The first-order valence-corrected chi connectivity index (χ1v) is 10.7. The van der Waals surface area contributed by atoms with Crippen LogP contribution in [0.15, 0.2) is 54.6 Å². The molecule has 164 valence electrons. The second kappa shape index (κ2) is 10.6. The number of likely N-dealkylation sites (tertiary alicyclic amines) is 1. The molecule has 0 bridgehead atoms. The highest BCUT2D eigenvalue weighted by Gasteiger charge is 2.53. The quantitative estimate of drug-likeness (QED) is 0.453. The molecule has 1 N–H and O–H groups in total. The van der Waals surface area contributed by atoms with Crippen molar-refractivity contribution in [3.05, 3.63) is 70.7 Å². The van der Waals surface area contributed by atoms with E-state index in [4.69, 9.17) is 16.3 Å². The minimum absolute atomic E-state index is 0.00651. The zero-order valence-electron chi connectivity index (χ0n) is 17.6. The molecule has 1 atom stereocenters. The van der Waals surface area contributed by atoms with Crippen LogP contribution in [-0.4, -0.2) is 49.4 Å². The van der Waals surface area contributed by atoms with Crippen molar-refractivity contribution in [1.29, 1.82) is 0 Å². The predicted molar refractivity (Wildman–Crippen MR) is 119 cm³/mol. The molecule has 3 rings (SSSR count). The van der Waals surface area contributed by atoms with E-state index in [1.165, 1.54) is 4.90 Å². The Bertz CT molecular complexity index is 917. The average molecular weight is 443 g/mol. The van der Waals surface area contributed by atoms with Gasteiger partial charge in [0.1, 0.15) is 0 Å². The van der Waals surface area contributed by atoms with Crippen molar-refractivity contribution in [2.75, 3.05) is 26.8 Å². The van der Waals surface area contributed by atoms with Gasteiger partial charge in [0.2, 0.25) is 17.7 Å². The Hall–Kier alpha value is -2.70. The summed E-state index contributed by atoms with van der Waals surface area (Å²) in [4.78, 5) is 40.1. The zero-order valence-corrected chi connectivity index (χ0v) is 18.4. The molecule has 0 radical (unpaired) electrons. The minimum Gasteiger partial charge on any atom is -0.385 e. The second-order valence-electron chi connectivity index (χ2n) is 7.72. The number of nitrogens with zero attached hydrogens (tertiary/aromatic N) is 1. The van der Waals surface area contributed by atoms with Crippen molar-refractivity contribution in [2.24, 2.45) is 0 Å². The Balaban J connectivity index is 1.71. The van der Waals surface area contributed by atoms with Crippen LogP contribution in [0.5, 0.6) is 0 Å². The van der Waals surface area contributed by atoms with Crippen LogP contribution in [0.25, 0.3) is 0 Å². The molecule has 0 aliphatic carbocycles. The summed E-state index contributed by atoms with van der Waals surface area (Å²) in [5, 5.41) is 3.56. The number of carbonyl (C=O) groups is 3. The molecule has 1 heterocycles. The number of imide groups is 1. The maximum absolute atomic E-state index is 13.4. The van der Waals surface area contributed by atoms with Crippen LogP contribution in [0.3, 0.4) is 0 Å². The van der Waals surface area contributed by atoms with E-state index in [-0.39, 0.29) is 37.1 Å². The molecular weight excluding hydrogens is 416 g/mol. The molecule has 7 heteroatoms. The molecule has 0 spiro atoms. The van der Waals surface area contributed by atoms with Crippen LogP contribution in [0, 0.1) is 0 Å². The number of benzene rings is 2. The zero-order chi connectivity index (χ0) is 22.3. The lowest BCUT2D eigenvalue weighted by atomic mass is 9.75. The Morgan fingerprint density at radius 2 is 1.84 bits per heavy atom. The molecule has 0 saturated carbocycles. The van der Waals surface area contributed by atoms with Gasteiger partial charge in [-0.05, 0) is 36.1 Å². The fourth-order valence-electron chi connectivity index (χ4n) is 3.95. The van der Waals surface area contributed by atoms with Crippen LogP contribution in [0.1, 0.15) is 30.4 Å². The van der Waals surface area contributed by atoms with Crippen molar-refractivity contribution < 1.29 is 19.1 Å². The van der Waals surface area contributed by atoms with Gasteiger partial charge < -0.3 is 10.1 Å². The maximum Gasteiger partial charge on any atom is 0.240 e. The first-order valence-electron chi connectivity index (χ1n) is 10.4. The molecular formula is C24H27ClN2O4. The van der Waals surface area contributed by atoms with Crippen molar-refractivity contribution in [3.63, 3.8) is 0 Å². The summed E-state index contributed by atoms with van der Waals surface area (Å²) >= 11 is 5.90. The molecule has 6 nitrogen and oxygen atoms in total. The number of carbonyl (C=O) groups excluding carboxylic acids is 3. The topological polar surface area (TPSA) is 75.7 Å². The Morgan fingerprint density at radius 3 is 2.52 bits per heavy atom. The third kappa shape index (κ3) is 5.51. The fraction of sp³-hybridized carbons (Fsp3) is 0.375. The molecule has 1 aliphatic rings. The third-order valence-corrected chi connectivity index (χ3v) is 5.83. The summed E-state index contributed by atoms with van der Waals surface area (Å²) in [5.74, 6) is -0.815. The van der Waals surface area contributed by atoms with E-state index in [1.54, 1.807) is 7.11 Å². The van der Waals surface area contributed by atoms with E-state index < -0.39 is 5.41 Å². The number of amides is 3. The lowest BCUT2D eigenvalue weighted by Gasteiger charge is -2.27. The molecule has 0 aromatic heterocycles. The highest BCUT2D eigenvalue weighted by atomic mass is 35.5. The smallest absolute Gasteiger partial charge is 0.240 e. The maximum atomic E-state index is 13.4. The van der Waals surface area contributed by atoms with Crippen LogP contribution in [0.4, 0.5) is 0 Å². The summed E-state index contributed by atoms with van der Waals surface area (Å²) in [6.45, 7) is 1.18.